The molecule has 0 aromatic heterocycles. The Hall–Kier alpha value is -1.84. The highest BCUT2D eigenvalue weighted by Crippen LogP contribution is 2.33. The first-order valence-electron chi connectivity index (χ1n) is 6.34. The summed E-state index contributed by atoms with van der Waals surface area (Å²) in [7, 11) is 0. The number of carbonyl (C=O) groups is 2. The first-order chi connectivity index (χ1) is 8.71. The number of rotatable bonds is 3. The molecule has 1 heterocycles. The second-order valence-electron chi connectivity index (χ2n) is 5.15. The highest BCUT2D eigenvalue weighted by molar-refractivity contribution is 5.97. The minimum Gasteiger partial charge on any atom is -0.355 e. The molecular formula is C14H16N2O2. The fourth-order valence-corrected chi connectivity index (χ4v) is 2.45. The van der Waals surface area contributed by atoms with Crippen molar-refractivity contribution in [3.8, 4) is 0 Å². The Labute approximate surface area is 106 Å². The van der Waals surface area contributed by atoms with Crippen LogP contribution in [0.15, 0.2) is 30.3 Å². The van der Waals surface area contributed by atoms with Crippen molar-refractivity contribution in [3.63, 3.8) is 0 Å². The lowest BCUT2D eigenvalue weighted by Crippen LogP contribution is -2.46. The van der Waals surface area contributed by atoms with E-state index in [0.717, 1.165) is 18.4 Å². The lowest BCUT2D eigenvalue weighted by atomic mass is 9.78. The van der Waals surface area contributed by atoms with Crippen LogP contribution in [0.25, 0.3) is 0 Å². The van der Waals surface area contributed by atoms with E-state index in [2.05, 4.69) is 10.6 Å². The first kappa shape index (κ1) is 11.3. The maximum absolute atomic E-state index is 12.5. The van der Waals surface area contributed by atoms with Crippen molar-refractivity contribution in [2.24, 2.45) is 0 Å². The molecule has 1 atom stereocenters. The molecule has 2 fully saturated rings. The summed E-state index contributed by atoms with van der Waals surface area (Å²) in [5, 5.41) is 5.81. The van der Waals surface area contributed by atoms with Gasteiger partial charge in [0.05, 0.1) is 0 Å². The van der Waals surface area contributed by atoms with Gasteiger partial charge in [-0.1, -0.05) is 30.3 Å². The summed E-state index contributed by atoms with van der Waals surface area (Å²) in [4.78, 5) is 24.0. The van der Waals surface area contributed by atoms with Gasteiger partial charge in [0.1, 0.15) is 5.41 Å². The largest absolute Gasteiger partial charge is 0.355 e. The summed E-state index contributed by atoms with van der Waals surface area (Å²) in [5.41, 5.74) is 0.197. The van der Waals surface area contributed by atoms with Crippen LogP contribution >= 0.6 is 0 Å². The molecule has 2 amide bonds. The van der Waals surface area contributed by atoms with Crippen LogP contribution in [0.4, 0.5) is 0 Å². The third-order valence-electron chi connectivity index (χ3n) is 3.72. The van der Waals surface area contributed by atoms with Crippen LogP contribution in [0.5, 0.6) is 0 Å². The molecule has 0 bridgehead atoms. The molecule has 0 radical (unpaired) electrons. The fraction of sp³-hybridized carbons (Fsp3) is 0.429. The van der Waals surface area contributed by atoms with E-state index in [-0.39, 0.29) is 18.2 Å². The zero-order valence-electron chi connectivity index (χ0n) is 10.1. The van der Waals surface area contributed by atoms with Crippen LogP contribution in [0.1, 0.15) is 24.8 Å². The predicted octanol–water partition coefficient (Wildman–Crippen LogP) is 0.723. The Morgan fingerprint density at radius 2 is 2.00 bits per heavy atom. The average molecular weight is 244 g/mol. The first-order valence-corrected chi connectivity index (χ1v) is 6.34. The molecule has 3 rings (SSSR count). The van der Waals surface area contributed by atoms with Gasteiger partial charge in [-0.15, -0.1) is 0 Å². The maximum atomic E-state index is 12.5. The summed E-state index contributed by atoms with van der Waals surface area (Å²) in [6.45, 7) is 0.397. The molecule has 0 unspecified atom stereocenters. The van der Waals surface area contributed by atoms with Crippen molar-refractivity contribution >= 4 is 11.8 Å². The SMILES string of the molecule is O=C1C[C@@](C(=O)NC2CC2)(c2ccccc2)CN1. The number of nitrogens with one attached hydrogen (secondary N) is 2. The average Bonchev–Trinajstić information content (AvgIpc) is 3.11. The number of amides is 2. The molecule has 4 nitrogen and oxygen atoms in total. The monoisotopic (exact) mass is 244 g/mol. The van der Waals surface area contributed by atoms with E-state index in [9.17, 15) is 9.59 Å². The molecule has 1 aromatic carbocycles. The van der Waals surface area contributed by atoms with Gasteiger partial charge in [-0.25, -0.2) is 0 Å². The summed E-state index contributed by atoms with van der Waals surface area (Å²) in [6, 6.07) is 9.89. The minimum atomic E-state index is -0.721. The summed E-state index contributed by atoms with van der Waals surface area (Å²) in [6.07, 6.45) is 2.35. The molecule has 18 heavy (non-hydrogen) atoms. The van der Waals surface area contributed by atoms with Crippen molar-refractivity contribution in [1.29, 1.82) is 0 Å². The minimum absolute atomic E-state index is 0.0189. The topological polar surface area (TPSA) is 58.2 Å². The summed E-state index contributed by atoms with van der Waals surface area (Å²) >= 11 is 0. The number of hydrogen-bond acceptors (Lipinski definition) is 2. The van der Waals surface area contributed by atoms with Gasteiger partial charge in [0, 0.05) is 19.0 Å². The fourth-order valence-electron chi connectivity index (χ4n) is 2.45. The van der Waals surface area contributed by atoms with Gasteiger partial charge in [0.15, 0.2) is 0 Å². The van der Waals surface area contributed by atoms with Crippen LogP contribution < -0.4 is 10.6 Å². The van der Waals surface area contributed by atoms with Gasteiger partial charge in [0.2, 0.25) is 11.8 Å². The molecular weight excluding hydrogens is 228 g/mol. The van der Waals surface area contributed by atoms with Crippen LogP contribution in [0.2, 0.25) is 0 Å². The summed E-state index contributed by atoms with van der Waals surface area (Å²) < 4.78 is 0. The molecule has 2 N–H and O–H groups in total. The Morgan fingerprint density at radius 1 is 1.28 bits per heavy atom. The normalized spacial score (nSPS) is 26.8. The van der Waals surface area contributed by atoms with Crippen molar-refractivity contribution in [1.82, 2.24) is 10.6 Å². The third kappa shape index (κ3) is 1.88. The molecule has 0 spiro atoms. The van der Waals surface area contributed by atoms with Crippen molar-refractivity contribution in [2.75, 3.05) is 6.54 Å². The van der Waals surface area contributed by atoms with E-state index in [0.29, 0.717) is 12.6 Å². The van der Waals surface area contributed by atoms with Gasteiger partial charge >= 0.3 is 0 Å². The molecule has 1 aliphatic carbocycles. The molecule has 4 heteroatoms. The third-order valence-corrected chi connectivity index (χ3v) is 3.72. The summed E-state index contributed by atoms with van der Waals surface area (Å²) in [5.74, 6) is -0.0700. The number of carbonyl (C=O) groups excluding carboxylic acids is 2. The van der Waals surface area contributed by atoms with Crippen LogP contribution in [-0.4, -0.2) is 24.4 Å². The Kier molecular flexibility index (Phi) is 2.58. The smallest absolute Gasteiger partial charge is 0.233 e. The standard InChI is InChI=1S/C14H16N2O2/c17-12-8-14(9-15-12,10-4-2-1-3-5-10)13(18)16-11-6-7-11/h1-5,11H,6-9H2,(H,15,17)(H,16,18)/t14-/m0/s1. The van der Waals surface area contributed by atoms with Crippen LogP contribution in [0.3, 0.4) is 0 Å². The molecule has 94 valence electrons. The number of benzene rings is 1. The van der Waals surface area contributed by atoms with Gasteiger partial charge < -0.3 is 10.6 Å². The van der Waals surface area contributed by atoms with Gasteiger partial charge in [-0.2, -0.15) is 0 Å². The van der Waals surface area contributed by atoms with Gasteiger partial charge in [-0.05, 0) is 18.4 Å². The number of hydrogen-bond donors (Lipinski definition) is 2. The highest BCUT2D eigenvalue weighted by Gasteiger charge is 2.47. The van der Waals surface area contributed by atoms with E-state index in [1.807, 2.05) is 30.3 Å². The van der Waals surface area contributed by atoms with E-state index in [1.165, 1.54) is 0 Å². The van der Waals surface area contributed by atoms with E-state index >= 15 is 0 Å². The molecule has 1 saturated carbocycles. The Bertz CT molecular complexity index is 482. The predicted molar refractivity (Wildman–Crippen MR) is 66.9 cm³/mol. The lowest BCUT2D eigenvalue weighted by molar-refractivity contribution is -0.128. The maximum Gasteiger partial charge on any atom is 0.233 e. The van der Waals surface area contributed by atoms with Gasteiger partial charge in [-0.3, -0.25) is 9.59 Å². The van der Waals surface area contributed by atoms with E-state index < -0.39 is 5.41 Å². The van der Waals surface area contributed by atoms with Gasteiger partial charge in [0.25, 0.3) is 0 Å². The van der Waals surface area contributed by atoms with Crippen molar-refractivity contribution in [3.05, 3.63) is 35.9 Å². The molecule has 1 aromatic rings. The lowest BCUT2D eigenvalue weighted by Gasteiger charge is -2.26. The zero-order chi connectivity index (χ0) is 12.6. The van der Waals surface area contributed by atoms with Crippen molar-refractivity contribution < 1.29 is 9.59 Å². The Morgan fingerprint density at radius 3 is 2.56 bits per heavy atom. The quantitative estimate of drug-likeness (QED) is 0.823. The second kappa shape index (κ2) is 4.12. The molecule has 2 aliphatic rings. The molecule has 1 aliphatic heterocycles. The second-order valence-corrected chi connectivity index (χ2v) is 5.15. The molecule has 1 saturated heterocycles. The van der Waals surface area contributed by atoms with E-state index in [4.69, 9.17) is 0 Å². The van der Waals surface area contributed by atoms with Crippen molar-refractivity contribution in [2.45, 2.75) is 30.7 Å². The van der Waals surface area contributed by atoms with Crippen LogP contribution in [-0.2, 0) is 15.0 Å². The van der Waals surface area contributed by atoms with Crippen LogP contribution in [0, 0.1) is 0 Å². The zero-order valence-corrected chi connectivity index (χ0v) is 10.1. The highest BCUT2D eigenvalue weighted by atomic mass is 16.2. The van der Waals surface area contributed by atoms with E-state index in [1.54, 1.807) is 0 Å². The Balaban J connectivity index is 1.93.